The van der Waals surface area contributed by atoms with Crippen molar-refractivity contribution >= 4 is 10.2 Å². The van der Waals surface area contributed by atoms with Crippen LogP contribution in [0.25, 0.3) is 0 Å². The molecule has 0 aliphatic carbocycles. The van der Waals surface area contributed by atoms with Gasteiger partial charge in [0.15, 0.2) is 0 Å². The third-order valence-electron chi connectivity index (χ3n) is 2.44. The van der Waals surface area contributed by atoms with Gasteiger partial charge in [0.1, 0.15) is 0 Å². The Kier molecular flexibility index (Phi) is 3.76. The molecule has 90 valence electrons. The standard InChI is InChI=1S/C9H21N3O2S/c1-8-4-5-12(6-8)15(13,14)11-7-9(2,3)10/h8,11H,4-7,10H2,1-3H3. The second-order valence-corrected chi connectivity index (χ2v) is 6.82. The van der Waals surface area contributed by atoms with Crippen molar-refractivity contribution in [2.45, 2.75) is 32.7 Å². The smallest absolute Gasteiger partial charge is 0.279 e. The van der Waals surface area contributed by atoms with Gasteiger partial charge in [-0.1, -0.05) is 6.92 Å². The van der Waals surface area contributed by atoms with Crippen molar-refractivity contribution in [2.75, 3.05) is 19.6 Å². The molecule has 0 aromatic carbocycles. The van der Waals surface area contributed by atoms with Crippen LogP contribution in [0, 0.1) is 5.92 Å². The second-order valence-electron chi connectivity index (χ2n) is 5.07. The summed E-state index contributed by atoms with van der Waals surface area (Å²) in [6, 6.07) is 0. The maximum absolute atomic E-state index is 11.8. The molecule has 1 aliphatic heterocycles. The van der Waals surface area contributed by atoms with Gasteiger partial charge in [0, 0.05) is 25.2 Å². The Morgan fingerprint density at radius 1 is 1.53 bits per heavy atom. The van der Waals surface area contributed by atoms with Crippen LogP contribution in [0.2, 0.25) is 0 Å². The molecule has 1 fully saturated rings. The van der Waals surface area contributed by atoms with Crippen molar-refractivity contribution in [1.29, 1.82) is 0 Å². The number of nitrogens with two attached hydrogens (primary N) is 1. The molecule has 0 aromatic heterocycles. The van der Waals surface area contributed by atoms with E-state index < -0.39 is 15.7 Å². The minimum absolute atomic E-state index is 0.264. The molecular formula is C9H21N3O2S. The number of nitrogens with zero attached hydrogens (tertiary/aromatic N) is 1. The van der Waals surface area contributed by atoms with E-state index in [1.807, 2.05) is 0 Å². The maximum atomic E-state index is 11.8. The van der Waals surface area contributed by atoms with E-state index in [0.717, 1.165) is 6.42 Å². The maximum Gasteiger partial charge on any atom is 0.279 e. The Bertz CT molecular complexity index is 308. The minimum atomic E-state index is -3.32. The topological polar surface area (TPSA) is 75.4 Å². The number of hydrogen-bond donors (Lipinski definition) is 2. The molecule has 1 unspecified atom stereocenters. The zero-order valence-corrected chi connectivity index (χ0v) is 10.5. The molecule has 1 rings (SSSR count). The van der Waals surface area contributed by atoms with Crippen LogP contribution < -0.4 is 10.5 Å². The summed E-state index contributed by atoms with van der Waals surface area (Å²) in [5.74, 6) is 0.451. The molecule has 1 atom stereocenters. The van der Waals surface area contributed by atoms with E-state index in [1.54, 1.807) is 13.8 Å². The lowest BCUT2D eigenvalue weighted by atomic mass is 10.1. The highest BCUT2D eigenvalue weighted by Crippen LogP contribution is 2.17. The molecule has 5 nitrogen and oxygen atoms in total. The minimum Gasteiger partial charge on any atom is -0.324 e. The summed E-state index contributed by atoms with van der Waals surface area (Å²) in [5.41, 5.74) is 5.21. The van der Waals surface area contributed by atoms with Crippen molar-refractivity contribution in [2.24, 2.45) is 11.7 Å². The lowest BCUT2D eigenvalue weighted by Crippen LogP contribution is -2.49. The molecule has 0 saturated carbocycles. The molecule has 1 saturated heterocycles. The largest absolute Gasteiger partial charge is 0.324 e. The van der Waals surface area contributed by atoms with Crippen LogP contribution in [-0.2, 0) is 10.2 Å². The average Bonchev–Trinajstić information content (AvgIpc) is 2.48. The fourth-order valence-electron chi connectivity index (χ4n) is 1.48. The lowest BCUT2D eigenvalue weighted by Gasteiger charge is -2.22. The summed E-state index contributed by atoms with van der Waals surface area (Å²) in [7, 11) is -3.32. The molecule has 6 heteroatoms. The van der Waals surface area contributed by atoms with Crippen molar-refractivity contribution in [3.8, 4) is 0 Å². The second kappa shape index (κ2) is 4.37. The van der Waals surface area contributed by atoms with Gasteiger partial charge in [-0.25, -0.2) is 4.72 Å². The van der Waals surface area contributed by atoms with Crippen LogP contribution in [0.4, 0.5) is 0 Å². The first-order chi connectivity index (χ1) is 6.71. The van der Waals surface area contributed by atoms with Crippen LogP contribution in [0.5, 0.6) is 0 Å². The Balaban J connectivity index is 2.53. The first-order valence-corrected chi connectivity index (χ1v) is 6.68. The van der Waals surface area contributed by atoms with Crippen LogP contribution >= 0.6 is 0 Å². The molecule has 0 aromatic rings. The summed E-state index contributed by atoms with van der Waals surface area (Å²) in [6.45, 7) is 7.13. The summed E-state index contributed by atoms with van der Waals surface area (Å²) in [4.78, 5) is 0. The molecule has 1 aliphatic rings. The van der Waals surface area contributed by atoms with E-state index in [-0.39, 0.29) is 6.54 Å². The van der Waals surface area contributed by atoms with Crippen LogP contribution in [0.1, 0.15) is 27.2 Å². The van der Waals surface area contributed by atoms with Crippen LogP contribution in [0.3, 0.4) is 0 Å². The summed E-state index contributed by atoms with van der Waals surface area (Å²) in [5, 5.41) is 0. The average molecular weight is 235 g/mol. The van der Waals surface area contributed by atoms with Gasteiger partial charge in [-0.2, -0.15) is 12.7 Å². The van der Waals surface area contributed by atoms with E-state index in [9.17, 15) is 8.42 Å². The fourth-order valence-corrected chi connectivity index (χ4v) is 3.01. The number of nitrogens with one attached hydrogen (secondary N) is 1. The molecule has 0 bridgehead atoms. The van der Waals surface area contributed by atoms with E-state index in [0.29, 0.717) is 19.0 Å². The molecular weight excluding hydrogens is 214 g/mol. The van der Waals surface area contributed by atoms with E-state index in [2.05, 4.69) is 11.6 Å². The summed E-state index contributed by atoms with van der Waals surface area (Å²) >= 11 is 0. The van der Waals surface area contributed by atoms with Crippen molar-refractivity contribution in [3.05, 3.63) is 0 Å². The highest BCUT2D eigenvalue weighted by molar-refractivity contribution is 7.87. The normalized spacial score (nSPS) is 24.7. The molecule has 0 amide bonds. The van der Waals surface area contributed by atoms with Crippen molar-refractivity contribution in [3.63, 3.8) is 0 Å². The zero-order valence-electron chi connectivity index (χ0n) is 9.66. The third-order valence-corrected chi connectivity index (χ3v) is 3.96. The first kappa shape index (κ1) is 12.9. The van der Waals surface area contributed by atoms with Gasteiger partial charge in [-0.15, -0.1) is 0 Å². The Hall–Kier alpha value is -0.170. The molecule has 3 N–H and O–H groups in total. The third kappa shape index (κ3) is 4.06. The lowest BCUT2D eigenvalue weighted by molar-refractivity contribution is 0.436. The summed E-state index contributed by atoms with van der Waals surface area (Å²) in [6.07, 6.45) is 0.937. The highest BCUT2D eigenvalue weighted by atomic mass is 32.2. The monoisotopic (exact) mass is 235 g/mol. The van der Waals surface area contributed by atoms with Gasteiger partial charge in [-0.3, -0.25) is 0 Å². The van der Waals surface area contributed by atoms with Crippen LogP contribution in [-0.4, -0.2) is 37.9 Å². The molecule has 15 heavy (non-hydrogen) atoms. The fraction of sp³-hybridized carbons (Fsp3) is 1.00. The number of rotatable bonds is 4. The molecule has 0 spiro atoms. The van der Waals surface area contributed by atoms with Crippen molar-refractivity contribution in [1.82, 2.24) is 9.03 Å². The van der Waals surface area contributed by atoms with Gasteiger partial charge in [-0.05, 0) is 26.2 Å². The van der Waals surface area contributed by atoms with Gasteiger partial charge < -0.3 is 5.73 Å². The molecule has 1 heterocycles. The van der Waals surface area contributed by atoms with Crippen LogP contribution in [0.15, 0.2) is 0 Å². The van der Waals surface area contributed by atoms with E-state index in [1.165, 1.54) is 4.31 Å². The quantitative estimate of drug-likeness (QED) is 0.714. The Morgan fingerprint density at radius 3 is 2.53 bits per heavy atom. The predicted octanol–water partition coefficient (Wildman–Crippen LogP) is -0.100. The van der Waals surface area contributed by atoms with Gasteiger partial charge >= 0.3 is 0 Å². The zero-order chi connectivity index (χ0) is 11.7. The van der Waals surface area contributed by atoms with Gasteiger partial charge in [0.2, 0.25) is 0 Å². The molecule has 0 radical (unpaired) electrons. The first-order valence-electron chi connectivity index (χ1n) is 5.24. The van der Waals surface area contributed by atoms with E-state index in [4.69, 9.17) is 5.73 Å². The Morgan fingerprint density at radius 2 is 2.13 bits per heavy atom. The number of hydrogen-bond acceptors (Lipinski definition) is 3. The van der Waals surface area contributed by atoms with Gasteiger partial charge in [0.05, 0.1) is 0 Å². The summed E-state index contributed by atoms with van der Waals surface area (Å²) < 4.78 is 27.6. The predicted molar refractivity (Wildman–Crippen MR) is 60.5 cm³/mol. The SMILES string of the molecule is CC1CCN(S(=O)(=O)NCC(C)(C)N)C1. The highest BCUT2D eigenvalue weighted by Gasteiger charge is 2.29. The van der Waals surface area contributed by atoms with Gasteiger partial charge in [0.25, 0.3) is 10.2 Å². The Labute approximate surface area is 92.2 Å². The van der Waals surface area contributed by atoms with Crippen molar-refractivity contribution < 1.29 is 8.42 Å². The van der Waals surface area contributed by atoms with E-state index >= 15 is 0 Å².